The molecular formula is C35H61N5O10. The Morgan fingerprint density at radius 2 is 1.58 bits per heavy atom. The number of hydrogen-bond acceptors (Lipinski definition) is 12. The van der Waals surface area contributed by atoms with Gasteiger partial charge in [0.25, 0.3) is 5.56 Å². The fourth-order valence-electron chi connectivity index (χ4n) is 7.33. The average Bonchev–Trinajstić information content (AvgIpc) is 3.54. The van der Waals surface area contributed by atoms with Crippen LogP contribution in [0.5, 0.6) is 0 Å². The van der Waals surface area contributed by atoms with E-state index in [1.165, 1.54) is 64.2 Å². The number of nitrogens with one attached hydrogen (secondary N) is 3. The highest BCUT2D eigenvalue weighted by molar-refractivity contribution is 5.76. The van der Waals surface area contributed by atoms with Gasteiger partial charge < -0.3 is 51.0 Å². The second-order valence-corrected chi connectivity index (χ2v) is 14.2. The molecule has 1 amide bonds. The van der Waals surface area contributed by atoms with Crippen LogP contribution in [0.1, 0.15) is 116 Å². The van der Waals surface area contributed by atoms with Crippen molar-refractivity contribution in [3.63, 3.8) is 0 Å². The number of aromatic amines is 1. The van der Waals surface area contributed by atoms with Gasteiger partial charge in [0, 0.05) is 37.3 Å². The highest BCUT2D eigenvalue weighted by Gasteiger charge is 2.53. The van der Waals surface area contributed by atoms with E-state index in [2.05, 4.69) is 22.5 Å². The second kappa shape index (κ2) is 20.7. The SMILES string of the molecule is CCCCCCCCCCCCCCCC(=O)N[C@@H]1CCN[C@@H]([C@H](O[C@@H]2O[C@H](CN)[C@@H](O)[C@H]2O)[C@H]2O[C@@H](n3ccc(=O)[nH]c3=O)[C@H](O)[C@@H]2O)C1. The minimum atomic E-state index is -1.58. The van der Waals surface area contributed by atoms with Crippen LogP contribution in [0.4, 0.5) is 0 Å². The number of rotatable bonds is 21. The fourth-order valence-corrected chi connectivity index (χ4v) is 7.33. The van der Waals surface area contributed by atoms with Crippen LogP contribution in [-0.2, 0) is 19.0 Å². The number of unbranched alkanes of at least 4 members (excludes halogenated alkanes) is 12. The molecule has 11 atom stereocenters. The van der Waals surface area contributed by atoms with Gasteiger partial charge in [-0.2, -0.15) is 0 Å². The van der Waals surface area contributed by atoms with Crippen LogP contribution >= 0.6 is 0 Å². The second-order valence-electron chi connectivity index (χ2n) is 14.2. The third-order valence-corrected chi connectivity index (χ3v) is 10.3. The maximum Gasteiger partial charge on any atom is 0.330 e. The zero-order valence-electron chi connectivity index (χ0n) is 29.5. The lowest BCUT2D eigenvalue weighted by Crippen LogP contribution is -2.59. The maximum atomic E-state index is 12.9. The molecule has 0 bridgehead atoms. The van der Waals surface area contributed by atoms with Gasteiger partial charge in [0.15, 0.2) is 12.5 Å². The molecule has 0 radical (unpaired) electrons. The molecular weight excluding hydrogens is 650 g/mol. The first kappa shape index (κ1) is 40.6. The maximum absolute atomic E-state index is 12.9. The normalized spacial score (nSPS) is 32.0. The molecule has 0 unspecified atom stereocenters. The number of hydrogen-bond donors (Lipinski definition) is 8. The first-order valence-corrected chi connectivity index (χ1v) is 18.9. The first-order valence-electron chi connectivity index (χ1n) is 18.9. The third-order valence-electron chi connectivity index (χ3n) is 10.3. The number of nitrogens with two attached hydrogens (primary N) is 1. The molecule has 3 fully saturated rings. The van der Waals surface area contributed by atoms with Gasteiger partial charge in [0.2, 0.25) is 5.91 Å². The van der Waals surface area contributed by atoms with Crippen molar-refractivity contribution in [2.75, 3.05) is 13.1 Å². The van der Waals surface area contributed by atoms with Crippen molar-refractivity contribution in [2.45, 2.75) is 177 Å². The van der Waals surface area contributed by atoms with E-state index in [1.54, 1.807) is 0 Å². The molecule has 3 aliphatic rings. The number of amides is 1. The van der Waals surface area contributed by atoms with Crippen molar-refractivity contribution in [2.24, 2.45) is 5.73 Å². The van der Waals surface area contributed by atoms with Gasteiger partial charge in [0.1, 0.15) is 42.7 Å². The van der Waals surface area contributed by atoms with Gasteiger partial charge in [-0.3, -0.25) is 19.1 Å². The lowest BCUT2D eigenvalue weighted by molar-refractivity contribution is -0.228. The minimum Gasteiger partial charge on any atom is -0.387 e. The molecule has 15 heteroatoms. The lowest BCUT2D eigenvalue weighted by atomic mass is 9.90. The Hall–Kier alpha value is -2.21. The van der Waals surface area contributed by atoms with Crippen molar-refractivity contribution >= 4 is 5.91 Å². The number of ether oxygens (including phenoxy) is 3. The molecule has 15 nitrogen and oxygen atoms in total. The molecule has 50 heavy (non-hydrogen) atoms. The predicted octanol–water partition coefficient (Wildman–Crippen LogP) is 0.665. The molecule has 4 rings (SSSR count). The van der Waals surface area contributed by atoms with Crippen LogP contribution in [0.15, 0.2) is 21.9 Å². The largest absolute Gasteiger partial charge is 0.387 e. The van der Waals surface area contributed by atoms with Crippen molar-refractivity contribution in [3.8, 4) is 0 Å². The third kappa shape index (κ3) is 11.4. The molecule has 3 aliphatic heterocycles. The number of aliphatic hydroxyl groups excluding tert-OH is 4. The van der Waals surface area contributed by atoms with Gasteiger partial charge >= 0.3 is 5.69 Å². The van der Waals surface area contributed by atoms with Gasteiger partial charge in [0.05, 0.1) is 0 Å². The van der Waals surface area contributed by atoms with Crippen LogP contribution in [0.2, 0.25) is 0 Å². The summed E-state index contributed by atoms with van der Waals surface area (Å²) in [5.74, 6) is -0.0373. The van der Waals surface area contributed by atoms with Gasteiger partial charge in [-0.05, 0) is 25.8 Å². The van der Waals surface area contributed by atoms with Crippen LogP contribution < -0.4 is 27.6 Å². The Morgan fingerprint density at radius 3 is 2.18 bits per heavy atom. The lowest BCUT2D eigenvalue weighted by Gasteiger charge is -2.39. The van der Waals surface area contributed by atoms with Crippen LogP contribution in [0.3, 0.4) is 0 Å². The van der Waals surface area contributed by atoms with Crippen LogP contribution in [0, 0.1) is 0 Å². The summed E-state index contributed by atoms with van der Waals surface area (Å²) >= 11 is 0. The molecule has 0 aliphatic carbocycles. The number of nitrogens with zero attached hydrogens (tertiary/aromatic N) is 1. The molecule has 1 aromatic heterocycles. The van der Waals surface area contributed by atoms with Gasteiger partial charge in [-0.1, -0.05) is 84.0 Å². The summed E-state index contributed by atoms with van der Waals surface area (Å²) in [6.07, 6.45) is 6.80. The van der Waals surface area contributed by atoms with E-state index in [0.29, 0.717) is 25.8 Å². The van der Waals surface area contributed by atoms with E-state index < -0.39 is 72.5 Å². The van der Waals surface area contributed by atoms with E-state index in [9.17, 15) is 34.8 Å². The highest BCUT2D eigenvalue weighted by Crippen LogP contribution is 2.35. The number of aromatic nitrogens is 2. The van der Waals surface area contributed by atoms with Gasteiger partial charge in [-0.15, -0.1) is 0 Å². The first-order chi connectivity index (χ1) is 24.1. The summed E-state index contributed by atoms with van der Waals surface area (Å²) in [7, 11) is 0. The highest BCUT2D eigenvalue weighted by atomic mass is 16.7. The molecule has 1 aromatic rings. The summed E-state index contributed by atoms with van der Waals surface area (Å²) in [4.78, 5) is 39.1. The van der Waals surface area contributed by atoms with E-state index in [1.807, 2.05) is 0 Å². The number of carbonyl (C=O) groups is 1. The molecule has 4 heterocycles. The topological polar surface area (TPSA) is 231 Å². The standard InChI is InChI=1S/C35H61N5O10/c1-2-3-4-5-6-7-8-9-10-11-12-13-14-15-25(41)38-22-16-18-37-23(20-22)31(50-34-30(46)27(43)24(21-36)48-34)32-28(44)29(45)33(49-32)40-19-17-26(42)39-35(40)47/h17,19,22-24,27-34,37,43-46H,2-16,18,20-21,36H2,1H3,(H,38,41)(H,39,42,47)/t22-,23-,24-,27-,28+,29-,30-,31+,32+,33-,34+/m1/s1. The van der Waals surface area contributed by atoms with E-state index in [-0.39, 0.29) is 18.5 Å². The monoisotopic (exact) mass is 711 g/mol. The average molecular weight is 712 g/mol. The van der Waals surface area contributed by atoms with Crippen molar-refractivity contribution in [1.29, 1.82) is 0 Å². The Morgan fingerprint density at radius 1 is 0.940 bits per heavy atom. The number of H-pyrrole nitrogens is 1. The zero-order chi connectivity index (χ0) is 36.0. The Balaban J connectivity index is 1.29. The van der Waals surface area contributed by atoms with E-state index in [0.717, 1.165) is 36.1 Å². The summed E-state index contributed by atoms with van der Waals surface area (Å²) in [5.41, 5.74) is 4.22. The molecule has 0 spiro atoms. The molecule has 0 aromatic carbocycles. The Labute approximate surface area is 294 Å². The quantitative estimate of drug-likeness (QED) is 0.0823. The smallest absolute Gasteiger partial charge is 0.330 e. The molecule has 0 saturated carbocycles. The molecule has 286 valence electrons. The number of piperidine rings is 1. The zero-order valence-corrected chi connectivity index (χ0v) is 29.5. The Kier molecular flexibility index (Phi) is 16.8. The molecule has 3 saturated heterocycles. The summed E-state index contributed by atoms with van der Waals surface area (Å²) < 4.78 is 18.9. The van der Waals surface area contributed by atoms with Crippen molar-refractivity contribution < 1.29 is 39.4 Å². The van der Waals surface area contributed by atoms with Crippen LogP contribution in [-0.4, -0.2) is 110 Å². The van der Waals surface area contributed by atoms with E-state index >= 15 is 0 Å². The van der Waals surface area contributed by atoms with E-state index in [4.69, 9.17) is 19.9 Å². The minimum absolute atomic E-state index is 0.0373. The fraction of sp³-hybridized carbons (Fsp3) is 0.857. The van der Waals surface area contributed by atoms with Crippen molar-refractivity contribution in [1.82, 2.24) is 20.2 Å². The summed E-state index contributed by atoms with van der Waals surface area (Å²) in [5, 5.41) is 49.7. The molecule has 9 N–H and O–H groups in total. The van der Waals surface area contributed by atoms with Crippen molar-refractivity contribution in [3.05, 3.63) is 33.1 Å². The van der Waals surface area contributed by atoms with Gasteiger partial charge in [-0.25, -0.2) is 4.79 Å². The van der Waals surface area contributed by atoms with Crippen LogP contribution in [0.25, 0.3) is 0 Å². The Bertz CT molecular complexity index is 1260. The summed E-state index contributed by atoms with van der Waals surface area (Å²) in [6.45, 7) is 2.66. The predicted molar refractivity (Wildman–Crippen MR) is 185 cm³/mol. The summed E-state index contributed by atoms with van der Waals surface area (Å²) in [6, 6.07) is 0.309. The number of aliphatic hydroxyl groups is 4. The number of carbonyl (C=O) groups excluding carboxylic acids is 1.